The molecule has 2 heterocycles. The van der Waals surface area contributed by atoms with E-state index in [0.29, 0.717) is 31.4 Å². The standard InChI is InChI=1S/C10H14BrF3N4/c1-7(4-11)5-17-2-3-18-8(6-17)15-16-9(18)10(12,13)14/h7H,2-6H2,1H3. The van der Waals surface area contributed by atoms with E-state index in [1.807, 2.05) is 0 Å². The number of halogens is 4. The molecule has 1 unspecified atom stereocenters. The second-order valence-electron chi connectivity index (χ2n) is 4.58. The fourth-order valence-electron chi connectivity index (χ4n) is 2.06. The average Bonchev–Trinajstić information content (AvgIpc) is 2.71. The van der Waals surface area contributed by atoms with Gasteiger partial charge in [0.2, 0.25) is 5.82 Å². The van der Waals surface area contributed by atoms with Gasteiger partial charge in [-0.2, -0.15) is 13.2 Å². The van der Waals surface area contributed by atoms with E-state index in [-0.39, 0.29) is 0 Å². The summed E-state index contributed by atoms with van der Waals surface area (Å²) < 4.78 is 39.1. The first-order valence-corrected chi connectivity index (χ1v) is 6.81. The Hall–Kier alpha value is -0.630. The van der Waals surface area contributed by atoms with Crippen LogP contribution in [0.4, 0.5) is 13.2 Å². The number of nitrogens with zero attached hydrogens (tertiary/aromatic N) is 4. The third-order valence-corrected chi connectivity index (χ3v) is 4.02. The molecule has 2 rings (SSSR count). The van der Waals surface area contributed by atoms with Crippen LogP contribution >= 0.6 is 15.9 Å². The summed E-state index contributed by atoms with van der Waals surface area (Å²) in [7, 11) is 0. The lowest BCUT2D eigenvalue weighted by Gasteiger charge is -2.29. The van der Waals surface area contributed by atoms with Crippen molar-refractivity contribution in [3.8, 4) is 0 Å². The molecule has 1 aliphatic heterocycles. The highest BCUT2D eigenvalue weighted by atomic mass is 79.9. The fraction of sp³-hybridized carbons (Fsp3) is 0.800. The lowest BCUT2D eigenvalue weighted by atomic mass is 10.2. The second kappa shape index (κ2) is 5.16. The molecular formula is C10H14BrF3N4. The first-order chi connectivity index (χ1) is 8.41. The van der Waals surface area contributed by atoms with Gasteiger partial charge in [0.1, 0.15) is 5.82 Å². The number of rotatable bonds is 3. The molecule has 0 aliphatic carbocycles. The minimum atomic E-state index is -4.42. The summed E-state index contributed by atoms with van der Waals surface area (Å²) in [5.41, 5.74) is 0. The minimum Gasteiger partial charge on any atom is -0.305 e. The fourth-order valence-corrected chi connectivity index (χ4v) is 2.27. The molecule has 0 spiro atoms. The van der Waals surface area contributed by atoms with E-state index in [0.717, 1.165) is 11.9 Å². The van der Waals surface area contributed by atoms with E-state index in [4.69, 9.17) is 0 Å². The highest BCUT2D eigenvalue weighted by Gasteiger charge is 2.39. The monoisotopic (exact) mass is 326 g/mol. The number of fused-ring (bicyclic) bond motifs is 1. The van der Waals surface area contributed by atoms with Crippen LogP contribution < -0.4 is 0 Å². The summed E-state index contributed by atoms with van der Waals surface area (Å²) in [5, 5.41) is 7.78. The summed E-state index contributed by atoms with van der Waals surface area (Å²) in [6.07, 6.45) is -4.42. The van der Waals surface area contributed by atoms with Gasteiger partial charge in [-0.05, 0) is 5.92 Å². The molecule has 4 nitrogen and oxygen atoms in total. The smallest absolute Gasteiger partial charge is 0.305 e. The van der Waals surface area contributed by atoms with E-state index < -0.39 is 12.0 Å². The molecule has 0 amide bonds. The maximum atomic E-state index is 12.6. The molecule has 0 N–H and O–H groups in total. The lowest BCUT2D eigenvalue weighted by Crippen LogP contribution is -2.38. The van der Waals surface area contributed by atoms with E-state index in [2.05, 4.69) is 38.0 Å². The zero-order valence-electron chi connectivity index (χ0n) is 9.91. The normalized spacial score (nSPS) is 18.7. The van der Waals surface area contributed by atoms with Gasteiger partial charge in [-0.3, -0.25) is 4.90 Å². The van der Waals surface area contributed by atoms with Gasteiger partial charge < -0.3 is 4.57 Å². The van der Waals surface area contributed by atoms with Crippen molar-refractivity contribution in [2.24, 2.45) is 5.92 Å². The Morgan fingerprint density at radius 1 is 1.33 bits per heavy atom. The Morgan fingerprint density at radius 2 is 2.06 bits per heavy atom. The van der Waals surface area contributed by atoms with E-state index in [1.165, 1.54) is 4.57 Å². The summed E-state index contributed by atoms with van der Waals surface area (Å²) >= 11 is 3.39. The SMILES string of the molecule is CC(CBr)CN1CCn2c(nnc2C(F)(F)F)C1. The van der Waals surface area contributed by atoms with Gasteiger partial charge in [0.05, 0.1) is 6.54 Å². The van der Waals surface area contributed by atoms with Crippen molar-refractivity contribution in [1.82, 2.24) is 19.7 Å². The van der Waals surface area contributed by atoms with Crippen LogP contribution in [0.2, 0.25) is 0 Å². The third-order valence-electron chi connectivity index (χ3n) is 2.92. The molecule has 1 aromatic heterocycles. The summed E-state index contributed by atoms with van der Waals surface area (Å²) in [4.78, 5) is 2.11. The molecule has 0 bridgehead atoms. The Kier molecular flexibility index (Phi) is 3.96. The van der Waals surface area contributed by atoms with Crippen LogP contribution in [0.1, 0.15) is 18.6 Å². The molecule has 0 saturated carbocycles. The second-order valence-corrected chi connectivity index (χ2v) is 5.23. The maximum absolute atomic E-state index is 12.6. The van der Waals surface area contributed by atoms with Crippen LogP contribution in [-0.4, -0.2) is 38.1 Å². The predicted octanol–water partition coefficient (Wildman–Crippen LogP) is 2.14. The zero-order valence-corrected chi connectivity index (χ0v) is 11.5. The van der Waals surface area contributed by atoms with E-state index >= 15 is 0 Å². The Bertz CT molecular complexity index is 418. The van der Waals surface area contributed by atoms with E-state index in [1.54, 1.807) is 0 Å². The molecule has 8 heteroatoms. The van der Waals surface area contributed by atoms with Crippen molar-refractivity contribution in [3.63, 3.8) is 0 Å². The molecule has 1 aromatic rings. The summed E-state index contributed by atoms with van der Waals surface area (Å²) in [5.74, 6) is -0.0254. The zero-order chi connectivity index (χ0) is 13.3. The van der Waals surface area contributed by atoms with Gasteiger partial charge in [0, 0.05) is 25.0 Å². The highest BCUT2D eigenvalue weighted by molar-refractivity contribution is 9.09. The summed E-state index contributed by atoms with van der Waals surface area (Å²) in [6, 6.07) is 0. The van der Waals surface area contributed by atoms with Crippen molar-refractivity contribution in [2.45, 2.75) is 26.2 Å². The van der Waals surface area contributed by atoms with Gasteiger partial charge in [-0.25, -0.2) is 0 Å². The van der Waals surface area contributed by atoms with Gasteiger partial charge >= 0.3 is 6.18 Å². The number of hydrogen-bond donors (Lipinski definition) is 0. The Morgan fingerprint density at radius 3 is 2.67 bits per heavy atom. The molecule has 18 heavy (non-hydrogen) atoms. The Labute approximate surface area is 111 Å². The van der Waals surface area contributed by atoms with Gasteiger partial charge in [-0.15, -0.1) is 10.2 Å². The van der Waals surface area contributed by atoms with Gasteiger partial charge in [-0.1, -0.05) is 22.9 Å². The van der Waals surface area contributed by atoms with Crippen LogP contribution in [0.3, 0.4) is 0 Å². The van der Waals surface area contributed by atoms with E-state index in [9.17, 15) is 13.2 Å². The first-order valence-electron chi connectivity index (χ1n) is 5.69. The summed E-state index contributed by atoms with van der Waals surface area (Å²) in [6.45, 7) is 4.27. The van der Waals surface area contributed by atoms with Crippen molar-refractivity contribution >= 4 is 15.9 Å². The minimum absolute atomic E-state index is 0.298. The van der Waals surface area contributed by atoms with Crippen LogP contribution in [0.5, 0.6) is 0 Å². The van der Waals surface area contributed by atoms with Crippen molar-refractivity contribution in [3.05, 3.63) is 11.6 Å². The molecule has 102 valence electrons. The molecule has 1 atom stereocenters. The maximum Gasteiger partial charge on any atom is 0.451 e. The van der Waals surface area contributed by atoms with Crippen molar-refractivity contribution in [1.29, 1.82) is 0 Å². The molecule has 1 aliphatic rings. The lowest BCUT2D eigenvalue weighted by molar-refractivity contribution is -0.148. The predicted molar refractivity (Wildman–Crippen MR) is 63.3 cm³/mol. The van der Waals surface area contributed by atoms with Crippen molar-refractivity contribution in [2.75, 3.05) is 18.4 Å². The quantitative estimate of drug-likeness (QED) is 0.798. The Balaban J connectivity index is 2.10. The molecule has 0 saturated heterocycles. The topological polar surface area (TPSA) is 34.0 Å². The molecule has 0 radical (unpaired) electrons. The number of hydrogen-bond acceptors (Lipinski definition) is 3. The first kappa shape index (κ1) is 13.8. The number of aromatic nitrogens is 3. The third kappa shape index (κ3) is 2.85. The molecule has 0 aromatic carbocycles. The molecule has 0 fully saturated rings. The van der Waals surface area contributed by atoms with Crippen LogP contribution in [-0.2, 0) is 19.3 Å². The highest BCUT2D eigenvalue weighted by Crippen LogP contribution is 2.29. The van der Waals surface area contributed by atoms with Gasteiger partial charge in [0.25, 0.3) is 0 Å². The molecular weight excluding hydrogens is 313 g/mol. The van der Waals surface area contributed by atoms with Crippen LogP contribution in [0, 0.1) is 5.92 Å². The average molecular weight is 327 g/mol. The number of alkyl halides is 4. The van der Waals surface area contributed by atoms with Crippen molar-refractivity contribution < 1.29 is 13.2 Å². The van der Waals surface area contributed by atoms with Crippen LogP contribution in [0.25, 0.3) is 0 Å². The van der Waals surface area contributed by atoms with Gasteiger partial charge in [0.15, 0.2) is 0 Å². The largest absolute Gasteiger partial charge is 0.451 e. The van der Waals surface area contributed by atoms with Crippen LogP contribution in [0.15, 0.2) is 0 Å².